The van der Waals surface area contributed by atoms with Crippen molar-refractivity contribution < 1.29 is 4.55 Å². The fourth-order valence-corrected chi connectivity index (χ4v) is 3.77. The molecule has 0 aromatic carbocycles. The van der Waals surface area contributed by atoms with E-state index in [1.54, 1.807) is 0 Å². The van der Waals surface area contributed by atoms with E-state index in [-0.39, 0.29) is 0 Å². The lowest BCUT2D eigenvalue weighted by Gasteiger charge is -2.25. The van der Waals surface area contributed by atoms with Gasteiger partial charge in [-0.25, -0.2) is 0 Å². The van der Waals surface area contributed by atoms with Gasteiger partial charge in [-0.1, -0.05) is 19.3 Å². The molecule has 2 aliphatic rings. The zero-order valence-corrected chi connectivity index (χ0v) is 9.02. The molecule has 1 atom stereocenters. The molecule has 1 unspecified atom stereocenters. The Morgan fingerprint density at radius 3 is 2.54 bits per heavy atom. The lowest BCUT2D eigenvalue weighted by molar-refractivity contribution is 0.288. The van der Waals surface area contributed by atoms with E-state index in [1.807, 2.05) is 0 Å². The van der Waals surface area contributed by atoms with Gasteiger partial charge in [0.25, 0.3) is 0 Å². The molecule has 1 aliphatic heterocycles. The molecule has 1 heterocycles. The molecule has 1 aliphatic carbocycles. The Kier molecular flexibility index (Phi) is 3.52. The van der Waals surface area contributed by atoms with Crippen LogP contribution in [0.25, 0.3) is 0 Å². The lowest BCUT2D eigenvalue weighted by atomic mass is 9.89. The highest BCUT2D eigenvalue weighted by Gasteiger charge is 2.29. The third-order valence-electron chi connectivity index (χ3n) is 3.20. The van der Waals surface area contributed by atoms with Crippen LogP contribution in [0.1, 0.15) is 38.5 Å². The van der Waals surface area contributed by atoms with Crippen molar-refractivity contribution in [3.8, 4) is 0 Å². The van der Waals surface area contributed by atoms with Gasteiger partial charge in [0.2, 0.25) is 0 Å². The molecule has 0 aromatic heterocycles. The highest BCUT2D eigenvalue weighted by Crippen LogP contribution is 2.26. The highest BCUT2D eigenvalue weighted by molar-refractivity contribution is 7.89. The molecule has 3 heteroatoms. The first-order valence-electron chi connectivity index (χ1n) is 5.50. The Balaban J connectivity index is 1.75. The molecule has 76 valence electrons. The maximum Gasteiger partial charge on any atom is 0.127 e. The molecule has 0 spiro atoms. The van der Waals surface area contributed by atoms with Gasteiger partial charge in [-0.15, -0.1) is 4.31 Å². The first-order valence-corrected chi connectivity index (χ1v) is 6.77. The molecular formula is C10H19NOS. The average molecular weight is 201 g/mol. The van der Waals surface area contributed by atoms with Gasteiger partial charge in [0.15, 0.2) is 0 Å². The van der Waals surface area contributed by atoms with Crippen molar-refractivity contribution in [2.24, 2.45) is 5.92 Å². The minimum absolute atomic E-state index is 0.629. The third-order valence-corrected chi connectivity index (χ3v) is 4.75. The summed E-state index contributed by atoms with van der Waals surface area (Å²) in [6, 6.07) is 0. The maximum absolute atomic E-state index is 11.5. The predicted molar refractivity (Wildman–Crippen MR) is 55.8 cm³/mol. The van der Waals surface area contributed by atoms with Crippen LogP contribution in [0.15, 0.2) is 0 Å². The van der Waals surface area contributed by atoms with Crippen molar-refractivity contribution in [3.63, 3.8) is 0 Å². The summed E-state index contributed by atoms with van der Waals surface area (Å²) in [7, 11) is 0. The van der Waals surface area contributed by atoms with E-state index in [9.17, 15) is 4.55 Å². The summed E-state index contributed by atoms with van der Waals surface area (Å²) in [5, 5.41) is 0. The average Bonchev–Trinajstić information content (AvgIpc) is 2.54. The normalized spacial score (nSPS) is 32.5. The van der Waals surface area contributed by atoms with Crippen LogP contribution in [-0.2, 0) is 11.4 Å². The molecule has 1 saturated heterocycles. The van der Waals surface area contributed by atoms with Crippen LogP contribution < -0.4 is 0 Å². The predicted octanol–water partition coefficient (Wildman–Crippen LogP) is 1.94. The van der Waals surface area contributed by atoms with E-state index in [0.717, 1.165) is 31.2 Å². The summed E-state index contributed by atoms with van der Waals surface area (Å²) in [6.07, 6.45) is 8.08. The standard InChI is InChI=1S/C10H19NOS/c12-13-8-4-7-11(13)9-10-5-2-1-3-6-10/h10H,1-9H2. The summed E-state index contributed by atoms with van der Waals surface area (Å²) >= 11 is -0.629. The van der Waals surface area contributed by atoms with Gasteiger partial charge in [-0.3, -0.25) is 0 Å². The molecule has 0 aromatic rings. The maximum atomic E-state index is 11.5. The van der Waals surface area contributed by atoms with Gasteiger partial charge in [-0.05, 0) is 18.8 Å². The third kappa shape index (κ3) is 2.61. The van der Waals surface area contributed by atoms with Crippen molar-refractivity contribution in [3.05, 3.63) is 0 Å². The Morgan fingerprint density at radius 1 is 1.15 bits per heavy atom. The van der Waals surface area contributed by atoms with Gasteiger partial charge in [0, 0.05) is 30.9 Å². The molecule has 2 fully saturated rings. The van der Waals surface area contributed by atoms with Crippen LogP contribution in [0.2, 0.25) is 0 Å². The number of hydrogen-bond acceptors (Lipinski definition) is 2. The summed E-state index contributed by atoms with van der Waals surface area (Å²) in [4.78, 5) is 0. The van der Waals surface area contributed by atoms with Crippen molar-refractivity contribution in [1.29, 1.82) is 0 Å². The van der Waals surface area contributed by atoms with Gasteiger partial charge < -0.3 is 4.55 Å². The Labute approximate surface area is 84.0 Å². The van der Waals surface area contributed by atoms with Gasteiger partial charge in [0.05, 0.1) is 0 Å². The Morgan fingerprint density at radius 2 is 1.92 bits per heavy atom. The number of nitrogens with zero attached hydrogens (tertiary/aromatic N) is 1. The Hall–Kier alpha value is 0.270. The van der Waals surface area contributed by atoms with Crippen LogP contribution >= 0.6 is 0 Å². The van der Waals surface area contributed by atoms with Crippen molar-refractivity contribution in [2.75, 3.05) is 18.8 Å². The van der Waals surface area contributed by atoms with Gasteiger partial charge in [0.1, 0.15) is 5.75 Å². The van der Waals surface area contributed by atoms with Gasteiger partial charge in [-0.2, -0.15) is 0 Å². The molecule has 0 amide bonds. The van der Waals surface area contributed by atoms with E-state index >= 15 is 0 Å². The minimum Gasteiger partial charge on any atom is -0.598 e. The summed E-state index contributed by atoms with van der Waals surface area (Å²) in [5.41, 5.74) is 0. The molecule has 0 radical (unpaired) electrons. The van der Waals surface area contributed by atoms with Gasteiger partial charge >= 0.3 is 0 Å². The Bertz CT molecular complexity index is 159. The van der Waals surface area contributed by atoms with Crippen LogP contribution in [0.5, 0.6) is 0 Å². The first kappa shape index (κ1) is 9.81. The smallest absolute Gasteiger partial charge is 0.127 e. The minimum atomic E-state index is -0.629. The monoisotopic (exact) mass is 201 g/mol. The van der Waals surface area contributed by atoms with E-state index in [0.29, 0.717) is 0 Å². The quantitative estimate of drug-likeness (QED) is 0.638. The zero-order valence-electron chi connectivity index (χ0n) is 8.21. The summed E-state index contributed by atoms with van der Waals surface area (Å²) in [5.74, 6) is 1.75. The first-order chi connectivity index (χ1) is 6.36. The fourth-order valence-electron chi connectivity index (χ4n) is 2.43. The second-order valence-corrected chi connectivity index (χ2v) is 5.84. The number of rotatable bonds is 2. The molecule has 0 bridgehead atoms. The second-order valence-electron chi connectivity index (χ2n) is 4.27. The van der Waals surface area contributed by atoms with Crippen LogP contribution in [-0.4, -0.2) is 27.7 Å². The molecule has 1 saturated carbocycles. The SMILES string of the molecule is [O-][S+]1CCCN1CC1CCCCC1. The lowest BCUT2D eigenvalue weighted by Crippen LogP contribution is -2.32. The molecule has 2 nitrogen and oxygen atoms in total. The topological polar surface area (TPSA) is 26.3 Å². The van der Waals surface area contributed by atoms with E-state index < -0.39 is 11.4 Å². The largest absolute Gasteiger partial charge is 0.598 e. The van der Waals surface area contributed by atoms with Crippen LogP contribution in [0.4, 0.5) is 0 Å². The van der Waals surface area contributed by atoms with Crippen LogP contribution in [0, 0.1) is 5.92 Å². The molecule has 2 rings (SSSR count). The highest BCUT2D eigenvalue weighted by atomic mass is 32.2. The fraction of sp³-hybridized carbons (Fsp3) is 1.00. The summed E-state index contributed by atoms with van der Waals surface area (Å²) < 4.78 is 13.7. The zero-order chi connectivity index (χ0) is 9.10. The van der Waals surface area contributed by atoms with E-state index in [1.165, 1.54) is 32.1 Å². The molecule has 0 N–H and O–H groups in total. The van der Waals surface area contributed by atoms with E-state index in [2.05, 4.69) is 4.31 Å². The molecule has 13 heavy (non-hydrogen) atoms. The van der Waals surface area contributed by atoms with E-state index in [4.69, 9.17) is 0 Å². The summed E-state index contributed by atoms with van der Waals surface area (Å²) in [6.45, 7) is 2.18. The van der Waals surface area contributed by atoms with Crippen LogP contribution in [0.3, 0.4) is 0 Å². The van der Waals surface area contributed by atoms with Crippen molar-refractivity contribution >= 4 is 11.4 Å². The van der Waals surface area contributed by atoms with Crippen molar-refractivity contribution in [2.45, 2.75) is 38.5 Å². The molecular weight excluding hydrogens is 182 g/mol. The van der Waals surface area contributed by atoms with Crippen molar-refractivity contribution in [1.82, 2.24) is 4.31 Å². The number of hydrogen-bond donors (Lipinski definition) is 0. The second kappa shape index (κ2) is 4.67.